The largest absolute Gasteiger partial charge is 1.00 e. The monoisotopic (exact) mass is 321 g/mol. The number of halogens is 1. The van der Waals surface area contributed by atoms with Crippen LogP contribution in [0.5, 0.6) is 0 Å². The standard InChI is InChI=1S/C16H35N.BrH/c1-4-7-10-13-16-17(14-11-8-5-2)15-12-9-6-3;/h4-16H2,1-3H3;1H. The molecule has 0 atom stereocenters. The van der Waals surface area contributed by atoms with E-state index in [1.165, 1.54) is 83.8 Å². The van der Waals surface area contributed by atoms with Gasteiger partial charge in [0.25, 0.3) is 0 Å². The smallest absolute Gasteiger partial charge is 0.0770 e. The molecule has 0 fully saturated rings. The van der Waals surface area contributed by atoms with Crippen LogP contribution in [0.25, 0.3) is 0 Å². The Labute approximate surface area is 126 Å². The van der Waals surface area contributed by atoms with Gasteiger partial charge < -0.3 is 21.9 Å². The van der Waals surface area contributed by atoms with Gasteiger partial charge in [-0.05, 0) is 38.5 Å². The maximum Gasteiger partial charge on any atom is 0.0770 e. The first-order valence-corrected chi connectivity index (χ1v) is 8.18. The third kappa shape index (κ3) is 14.5. The van der Waals surface area contributed by atoms with Crippen molar-refractivity contribution in [1.29, 1.82) is 0 Å². The fourth-order valence-corrected chi connectivity index (χ4v) is 2.43. The van der Waals surface area contributed by atoms with Crippen molar-refractivity contribution in [3.8, 4) is 0 Å². The van der Waals surface area contributed by atoms with Crippen LogP contribution >= 0.6 is 0 Å². The summed E-state index contributed by atoms with van der Waals surface area (Å²) < 4.78 is 0. The lowest BCUT2D eigenvalue weighted by molar-refractivity contribution is -0.900. The molecule has 0 heterocycles. The molecule has 0 aromatic rings. The number of hydrogen-bond acceptors (Lipinski definition) is 0. The highest BCUT2D eigenvalue weighted by atomic mass is 79.9. The Morgan fingerprint density at radius 3 is 1.22 bits per heavy atom. The van der Waals surface area contributed by atoms with Gasteiger partial charge in [-0.1, -0.05) is 46.5 Å². The lowest BCUT2D eigenvalue weighted by atomic mass is 10.1. The lowest BCUT2D eigenvalue weighted by Crippen LogP contribution is -3.12. The molecule has 0 aromatic carbocycles. The van der Waals surface area contributed by atoms with E-state index in [1.54, 1.807) is 0 Å². The summed E-state index contributed by atoms with van der Waals surface area (Å²) in [5, 5.41) is 0. The van der Waals surface area contributed by atoms with Gasteiger partial charge in [0, 0.05) is 0 Å². The van der Waals surface area contributed by atoms with Crippen LogP contribution in [0.15, 0.2) is 0 Å². The van der Waals surface area contributed by atoms with E-state index < -0.39 is 0 Å². The van der Waals surface area contributed by atoms with Crippen LogP contribution < -0.4 is 21.9 Å². The molecule has 0 unspecified atom stereocenters. The summed E-state index contributed by atoms with van der Waals surface area (Å²) in [6.07, 6.45) is 14.1. The molecule has 0 aromatic heterocycles. The van der Waals surface area contributed by atoms with Gasteiger partial charge in [-0.15, -0.1) is 0 Å². The van der Waals surface area contributed by atoms with Crippen LogP contribution in [-0.4, -0.2) is 19.6 Å². The predicted molar refractivity (Wildman–Crippen MR) is 78.8 cm³/mol. The molecule has 1 nitrogen and oxygen atoms in total. The molecule has 0 radical (unpaired) electrons. The highest BCUT2D eigenvalue weighted by Gasteiger charge is 2.07. The number of quaternary nitrogens is 1. The van der Waals surface area contributed by atoms with Gasteiger partial charge in [-0.2, -0.15) is 0 Å². The third-order valence-electron chi connectivity index (χ3n) is 3.65. The molecule has 2 heteroatoms. The summed E-state index contributed by atoms with van der Waals surface area (Å²) >= 11 is 0. The first-order chi connectivity index (χ1) is 8.35. The molecule has 0 rings (SSSR count). The molecular formula is C16H36BrN. The van der Waals surface area contributed by atoms with Crippen LogP contribution in [0.4, 0.5) is 0 Å². The molecule has 112 valence electrons. The fourth-order valence-electron chi connectivity index (χ4n) is 2.43. The zero-order chi connectivity index (χ0) is 12.8. The van der Waals surface area contributed by atoms with Gasteiger partial charge in [0.2, 0.25) is 0 Å². The van der Waals surface area contributed by atoms with Crippen molar-refractivity contribution in [2.75, 3.05) is 19.6 Å². The molecule has 0 amide bonds. The summed E-state index contributed by atoms with van der Waals surface area (Å²) in [5.41, 5.74) is 0. The second-order valence-electron chi connectivity index (χ2n) is 5.47. The quantitative estimate of drug-likeness (QED) is 0.479. The van der Waals surface area contributed by atoms with Crippen LogP contribution in [0.3, 0.4) is 0 Å². The number of hydrogen-bond donors (Lipinski definition) is 1. The topological polar surface area (TPSA) is 4.44 Å². The van der Waals surface area contributed by atoms with Gasteiger partial charge in [0.05, 0.1) is 19.6 Å². The minimum Gasteiger partial charge on any atom is -1.00 e. The lowest BCUT2D eigenvalue weighted by Gasteiger charge is -2.19. The van der Waals surface area contributed by atoms with Gasteiger partial charge >= 0.3 is 0 Å². The fraction of sp³-hybridized carbons (Fsp3) is 1.00. The second-order valence-corrected chi connectivity index (χ2v) is 5.47. The van der Waals surface area contributed by atoms with Gasteiger partial charge in [0.1, 0.15) is 0 Å². The zero-order valence-electron chi connectivity index (χ0n) is 13.1. The molecular weight excluding hydrogens is 286 g/mol. The van der Waals surface area contributed by atoms with E-state index in [-0.39, 0.29) is 17.0 Å². The van der Waals surface area contributed by atoms with E-state index in [9.17, 15) is 0 Å². The Kier molecular flexibility index (Phi) is 20.1. The molecule has 0 spiro atoms. The van der Waals surface area contributed by atoms with E-state index in [0.29, 0.717) is 0 Å². The van der Waals surface area contributed by atoms with Crippen molar-refractivity contribution < 1.29 is 21.9 Å². The summed E-state index contributed by atoms with van der Waals surface area (Å²) in [6, 6.07) is 0. The molecule has 0 saturated carbocycles. The van der Waals surface area contributed by atoms with Crippen molar-refractivity contribution in [3.63, 3.8) is 0 Å². The minimum atomic E-state index is 0. The average Bonchev–Trinajstić information content (AvgIpc) is 2.34. The Bertz CT molecular complexity index is 129. The normalized spacial score (nSPS) is 10.7. The van der Waals surface area contributed by atoms with Gasteiger partial charge in [-0.3, -0.25) is 0 Å². The van der Waals surface area contributed by atoms with Gasteiger partial charge in [0.15, 0.2) is 0 Å². The van der Waals surface area contributed by atoms with E-state index in [1.807, 2.05) is 4.90 Å². The van der Waals surface area contributed by atoms with E-state index in [4.69, 9.17) is 0 Å². The Balaban J connectivity index is 0. The molecule has 0 aliphatic carbocycles. The highest BCUT2D eigenvalue weighted by molar-refractivity contribution is 4.42. The minimum absolute atomic E-state index is 0. The van der Waals surface area contributed by atoms with E-state index in [2.05, 4.69) is 20.8 Å². The predicted octanol–water partition coefficient (Wildman–Crippen LogP) is 0.836. The molecule has 0 aliphatic heterocycles. The number of nitrogens with one attached hydrogen (secondary N) is 1. The Morgan fingerprint density at radius 2 is 0.833 bits per heavy atom. The maximum atomic E-state index is 2.30. The van der Waals surface area contributed by atoms with Crippen molar-refractivity contribution in [2.45, 2.75) is 85.0 Å². The molecule has 18 heavy (non-hydrogen) atoms. The molecule has 0 saturated heterocycles. The van der Waals surface area contributed by atoms with Gasteiger partial charge in [-0.25, -0.2) is 0 Å². The van der Waals surface area contributed by atoms with Crippen molar-refractivity contribution in [3.05, 3.63) is 0 Å². The van der Waals surface area contributed by atoms with Crippen LogP contribution in [0.2, 0.25) is 0 Å². The van der Waals surface area contributed by atoms with Crippen LogP contribution in [0, 0.1) is 0 Å². The van der Waals surface area contributed by atoms with Crippen molar-refractivity contribution >= 4 is 0 Å². The molecule has 0 bridgehead atoms. The molecule has 1 N–H and O–H groups in total. The summed E-state index contributed by atoms with van der Waals surface area (Å²) in [4.78, 5) is 1.88. The summed E-state index contributed by atoms with van der Waals surface area (Å²) in [6.45, 7) is 11.2. The maximum absolute atomic E-state index is 2.30. The van der Waals surface area contributed by atoms with E-state index >= 15 is 0 Å². The van der Waals surface area contributed by atoms with Crippen LogP contribution in [0.1, 0.15) is 85.0 Å². The average molecular weight is 322 g/mol. The van der Waals surface area contributed by atoms with Crippen LogP contribution in [-0.2, 0) is 0 Å². The number of rotatable bonds is 13. The van der Waals surface area contributed by atoms with E-state index in [0.717, 1.165) is 0 Å². The van der Waals surface area contributed by atoms with Crippen molar-refractivity contribution in [1.82, 2.24) is 0 Å². The second kappa shape index (κ2) is 17.4. The molecule has 0 aliphatic rings. The Hall–Kier alpha value is 0.440. The number of unbranched alkanes of at least 4 members (excludes halogenated alkanes) is 7. The summed E-state index contributed by atoms with van der Waals surface area (Å²) in [5.74, 6) is 0. The first kappa shape index (κ1) is 20.8. The zero-order valence-corrected chi connectivity index (χ0v) is 14.7. The highest BCUT2D eigenvalue weighted by Crippen LogP contribution is 1.97. The SMILES string of the molecule is CCCCCC[NH+](CCCCC)CCCCC.[Br-]. The van der Waals surface area contributed by atoms with Crippen molar-refractivity contribution in [2.24, 2.45) is 0 Å². The Morgan fingerprint density at radius 1 is 0.500 bits per heavy atom. The summed E-state index contributed by atoms with van der Waals surface area (Å²) in [7, 11) is 0. The first-order valence-electron chi connectivity index (χ1n) is 8.18. The third-order valence-corrected chi connectivity index (χ3v) is 3.65.